The summed E-state index contributed by atoms with van der Waals surface area (Å²) in [5.74, 6) is 2.19. The van der Waals surface area contributed by atoms with Crippen LogP contribution in [0.1, 0.15) is 45.1 Å². The smallest absolute Gasteiger partial charge is 0.225 e. The Hall–Kier alpha value is -0.490. The van der Waals surface area contributed by atoms with Gasteiger partial charge in [-0.1, -0.05) is 12.8 Å². The molecule has 0 bridgehead atoms. The van der Waals surface area contributed by atoms with Gasteiger partial charge in [-0.3, -0.25) is 4.57 Å². The minimum Gasteiger partial charge on any atom is -0.341 e. The summed E-state index contributed by atoms with van der Waals surface area (Å²) in [5, 5.41) is 7.43. The van der Waals surface area contributed by atoms with Crippen molar-refractivity contribution in [2.24, 2.45) is 0 Å². The maximum absolute atomic E-state index is 5.42. The highest BCUT2D eigenvalue weighted by Gasteiger charge is 2.24. The van der Waals surface area contributed by atoms with E-state index in [4.69, 9.17) is 12.2 Å². The lowest BCUT2D eigenvalue weighted by Gasteiger charge is -2.27. The fourth-order valence-corrected chi connectivity index (χ4v) is 3.57. The monoisotopic (exact) mass is 300 g/mol. The van der Waals surface area contributed by atoms with Crippen LogP contribution in [-0.4, -0.2) is 39.9 Å². The van der Waals surface area contributed by atoms with Crippen molar-refractivity contribution in [3.8, 4) is 0 Å². The molecule has 4 nitrogen and oxygen atoms in total. The summed E-state index contributed by atoms with van der Waals surface area (Å²) < 4.78 is 3.00. The van der Waals surface area contributed by atoms with E-state index < -0.39 is 0 Å². The summed E-state index contributed by atoms with van der Waals surface area (Å²) in [7, 11) is 2.13. The minimum absolute atomic E-state index is 0.484. The number of aromatic nitrogens is 3. The predicted octanol–water partition coefficient (Wildman–Crippen LogP) is 3.63. The molecule has 0 amide bonds. The van der Waals surface area contributed by atoms with Crippen molar-refractivity contribution >= 4 is 29.9 Å². The van der Waals surface area contributed by atoms with Gasteiger partial charge in [-0.25, -0.2) is 5.10 Å². The second kappa shape index (κ2) is 6.79. The van der Waals surface area contributed by atoms with Gasteiger partial charge in [0.05, 0.1) is 0 Å². The molecule has 1 aliphatic carbocycles. The van der Waals surface area contributed by atoms with Crippen LogP contribution in [0.3, 0.4) is 0 Å². The summed E-state index contributed by atoms with van der Waals surface area (Å²) in [6.45, 7) is 2.26. The second-order valence-electron chi connectivity index (χ2n) is 5.38. The molecule has 108 valence electrons. The van der Waals surface area contributed by atoms with E-state index in [1.807, 2.05) is 11.8 Å². The van der Waals surface area contributed by atoms with Gasteiger partial charge in [0.15, 0.2) is 4.77 Å². The predicted molar refractivity (Wildman–Crippen MR) is 85.8 cm³/mol. The van der Waals surface area contributed by atoms with Crippen LogP contribution < -0.4 is 4.90 Å². The van der Waals surface area contributed by atoms with Crippen LogP contribution in [0.4, 0.5) is 5.95 Å². The van der Waals surface area contributed by atoms with E-state index in [1.54, 1.807) is 0 Å². The SMILES string of the molecule is CSCCC(C)N(C)c1n[nH]c(=S)n1C1CCCC1. The van der Waals surface area contributed by atoms with Crippen molar-refractivity contribution in [2.75, 3.05) is 24.0 Å². The van der Waals surface area contributed by atoms with E-state index in [1.165, 1.54) is 37.9 Å². The molecule has 2 rings (SSSR count). The van der Waals surface area contributed by atoms with Crippen molar-refractivity contribution in [1.82, 2.24) is 14.8 Å². The van der Waals surface area contributed by atoms with Crippen molar-refractivity contribution in [3.63, 3.8) is 0 Å². The van der Waals surface area contributed by atoms with Gasteiger partial charge in [0.25, 0.3) is 0 Å². The van der Waals surface area contributed by atoms with E-state index in [9.17, 15) is 0 Å². The molecule has 0 radical (unpaired) electrons. The zero-order chi connectivity index (χ0) is 13.8. The summed E-state index contributed by atoms with van der Waals surface area (Å²) in [6.07, 6.45) is 8.40. The Morgan fingerprint density at radius 1 is 1.53 bits per heavy atom. The molecule has 1 aliphatic rings. The molecular formula is C13H24N4S2. The molecule has 1 N–H and O–H groups in total. The minimum atomic E-state index is 0.484. The molecule has 19 heavy (non-hydrogen) atoms. The van der Waals surface area contributed by atoms with Gasteiger partial charge in [0.1, 0.15) is 0 Å². The Bertz CT molecular complexity index is 448. The number of hydrogen-bond donors (Lipinski definition) is 1. The van der Waals surface area contributed by atoms with Crippen LogP contribution >= 0.6 is 24.0 Å². The van der Waals surface area contributed by atoms with Crippen LogP contribution in [0, 0.1) is 4.77 Å². The second-order valence-corrected chi connectivity index (χ2v) is 6.75. The van der Waals surface area contributed by atoms with Crippen molar-refractivity contribution in [2.45, 2.75) is 51.1 Å². The first kappa shape index (κ1) is 14.9. The topological polar surface area (TPSA) is 36.9 Å². The largest absolute Gasteiger partial charge is 0.341 e. The fraction of sp³-hybridized carbons (Fsp3) is 0.846. The number of nitrogens with one attached hydrogen (secondary N) is 1. The van der Waals surface area contributed by atoms with E-state index in [2.05, 4.69) is 39.9 Å². The van der Waals surface area contributed by atoms with Crippen LogP contribution in [0.15, 0.2) is 0 Å². The Balaban J connectivity index is 2.17. The maximum atomic E-state index is 5.42. The molecule has 6 heteroatoms. The number of hydrogen-bond acceptors (Lipinski definition) is 4. The standard InChI is InChI=1S/C13H24N4S2/c1-10(8-9-19-3)16(2)12-14-15-13(18)17(12)11-6-4-5-7-11/h10-11H,4-9H2,1-3H3,(H,15,18). The third kappa shape index (κ3) is 3.34. The highest BCUT2D eigenvalue weighted by Crippen LogP contribution is 2.32. The van der Waals surface area contributed by atoms with Gasteiger partial charge in [0.2, 0.25) is 5.95 Å². The van der Waals surface area contributed by atoms with Gasteiger partial charge in [-0.15, -0.1) is 5.10 Å². The molecule has 0 aliphatic heterocycles. The van der Waals surface area contributed by atoms with Crippen LogP contribution in [0.2, 0.25) is 0 Å². The molecule has 1 fully saturated rings. The van der Waals surface area contributed by atoms with Crippen molar-refractivity contribution in [3.05, 3.63) is 4.77 Å². The lowest BCUT2D eigenvalue weighted by molar-refractivity contribution is 0.501. The Morgan fingerprint density at radius 3 is 2.84 bits per heavy atom. The molecule has 1 aromatic rings. The first-order valence-corrected chi connectivity index (χ1v) is 8.84. The van der Waals surface area contributed by atoms with Gasteiger partial charge < -0.3 is 4.90 Å². The van der Waals surface area contributed by atoms with E-state index in [0.29, 0.717) is 12.1 Å². The molecule has 1 atom stereocenters. The quantitative estimate of drug-likeness (QED) is 0.814. The zero-order valence-electron chi connectivity index (χ0n) is 12.1. The lowest BCUT2D eigenvalue weighted by Crippen LogP contribution is -2.32. The summed E-state index contributed by atoms with van der Waals surface area (Å²) in [5.41, 5.74) is 0. The van der Waals surface area contributed by atoms with E-state index in [0.717, 1.165) is 10.7 Å². The molecule has 1 heterocycles. The van der Waals surface area contributed by atoms with Crippen LogP contribution in [0.25, 0.3) is 0 Å². The number of aromatic amines is 1. The number of anilines is 1. The first-order valence-electron chi connectivity index (χ1n) is 7.03. The van der Waals surface area contributed by atoms with Gasteiger partial charge in [-0.2, -0.15) is 11.8 Å². The highest BCUT2D eigenvalue weighted by atomic mass is 32.2. The first-order chi connectivity index (χ1) is 9.15. The Kier molecular flexibility index (Phi) is 5.33. The number of nitrogens with zero attached hydrogens (tertiary/aromatic N) is 3. The van der Waals surface area contributed by atoms with Crippen molar-refractivity contribution in [1.29, 1.82) is 0 Å². The third-order valence-electron chi connectivity index (χ3n) is 4.09. The number of rotatable bonds is 6. The highest BCUT2D eigenvalue weighted by molar-refractivity contribution is 7.98. The molecular weight excluding hydrogens is 276 g/mol. The average molecular weight is 300 g/mol. The lowest BCUT2D eigenvalue weighted by atomic mass is 10.2. The number of H-pyrrole nitrogens is 1. The third-order valence-corrected chi connectivity index (χ3v) is 5.02. The summed E-state index contributed by atoms with van der Waals surface area (Å²) in [4.78, 5) is 2.26. The van der Waals surface area contributed by atoms with Crippen molar-refractivity contribution < 1.29 is 0 Å². The molecule has 0 aromatic carbocycles. The Labute approximate surface area is 125 Å². The fourth-order valence-electron chi connectivity index (χ4n) is 2.72. The van der Waals surface area contributed by atoms with E-state index >= 15 is 0 Å². The molecule has 0 spiro atoms. The average Bonchev–Trinajstić information content (AvgIpc) is 3.03. The molecule has 1 saturated carbocycles. The van der Waals surface area contributed by atoms with Gasteiger partial charge >= 0.3 is 0 Å². The number of thioether (sulfide) groups is 1. The summed E-state index contributed by atoms with van der Waals surface area (Å²) >= 11 is 7.31. The maximum Gasteiger partial charge on any atom is 0.225 e. The summed E-state index contributed by atoms with van der Waals surface area (Å²) in [6, 6.07) is 1.02. The van der Waals surface area contributed by atoms with Gasteiger partial charge in [-0.05, 0) is 50.4 Å². The zero-order valence-corrected chi connectivity index (χ0v) is 13.7. The van der Waals surface area contributed by atoms with Crippen LogP contribution in [-0.2, 0) is 0 Å². The molecule has 1 unspecified atom stereocenters. The molecule has 1 aromatic heterocycles. The Morgan fingerprint density at radius 2 is 2.21 bits per heavy atom. The van der Waals surface area contributed by atoms with Crippen LogP contribution in [0.5, 0.6) is 0 Å². The normalized spacial score (nSPS) is 17.8. The molecule has 0 saturated heterocycles. The van der Waals surface area contributed by atoms with Gasteiger partial charge in [0, 0.05) is 19.1 Å². The van der Waals surface area contributed by atoms with E-state index in [-0.39, 0.29) is 0 Å².